The Bertz CT molecular complexity index is 384. The molecule has 0 rings (SSSR count). The van der Waals surface area contributed by atoms with Gasteiger partial charge >= 0.3 is 5.97 Å². The molecule has 0 aromatic rings. The molecule has 0 radical (unpaired) electrons. The second-order valence-corrected chi connectivity index (χ2v) is 8.69. The van der Waals surface area contributed by atoms with Gasteiger partial charge in [0.1, 0.15) is 5.54 Å². The predicted molar refractivity (Wildman–Crippen MR) is 116 cm³/mol. The van der Waals surface area contributed by atoms with Gasteiger partial charge in [-0.15, -0.1) is 0 Å². The van der Waals surface area contributed by atoms with Crippen molar-refractivity contribution < 1.29 is 20.1 Å². The van der Waals surface area contributed by atoms with E-state index in [1.54, 1.807) is 0 Å². The van der Waals surface area contributed by atoms with E-state index in [0.29, 0.717) is 6.42 Å². The molecule has 0 aliphatic heterocycles. The number of aliphatic hydroxyl groups excluding tert-OH is 2. The van der Waals surface area contributed by atoms with E-state index in [-0.39, 0.29) is 13.2 Å². The molecule has 0 aromatic carbocycles. The summed E-state index contributed by atoms with van der Waals surface area (Å²) in [6.45, 7) is 6.04. The summed E-state index contributed by atoms with van der Waals surface area (Å²) in [6, 6.07) is 0. The summed E-state index contributed by atoms with van der Waals surface area (Å²) in [6.07, 6.45) is 9.90. The fourth-order valence-corrected chi connectivity index (χ4v) is 4.35. The lowest BCUT2D eigenvalue weighted by Gasteiger charge is -2.47. The van der Waals surface area contributed by atoms with E-state index in [1.807, 2.05) is 0 Å². The summed E-state index contributed by atoms with van der Waals surface area (Å²) in [4.78, 5) is 12.6. The van der Waals surface area contributed by atoms with Crippen LogP contribution in [0.15, 0.2) is 0 Å². The van der Waals surface area contributed by atoms with Crippen LogP contribution in [0, 0.1) is 0 Å². The predicted octanol–water partition coefficient (Wildman–Crippen LogP) is 4.16. The Hall–Kier alpha value is -0.300. The Morgan fingerprint density at radius 2 is 1.37 bits per heavy atom. The number of β-amino-alcohol motifs (C(OH)–C–C–N with tert-alkyl or cyclic N) is 1. The van der Waals surface area contributed by atoms with Gasteiger partial charge in [0, 0.05) is 11.3 Å². The van der Waals surface area contributed by atoms with Gasteiger partial charge in [0.05, 0.1) is 12.7 Å². The molecule has 0 bridgehead atoms. The van der Waals surface area contributed by atoms with Gasteiger partial charge in [-0.25, -0.2) is 0 Å². The molecular formula is C21H43NO4S. The van der Waals surface area contributed by atoms with E-state index < -0.39 is 22.4 Å². The van der Waals surface area contributed by atoms with Gasteiger partial charge in [0.25, 0.3) is 0 Å². The fraction of sp³-hybridized carbons (Fsp3) is 0.952. The van der Waals surface area contributed by atoms with Crippen LogP contribution in [0.2, 0.25) is 0 Å². The second-order valence-electron chi connectivity index (χ2n) is 7.83. The van der Waals surface area contributed by atoms with Crippen LogP contribution in [-0.2, 0) is 4.79 Å². The number of carboxylic acids is 1. The highest BCUT2D eigenvalue weighted by Gasteiger charge is 2.53. The Labute approximate surface area is 171 Å². The quantitative estimate of drug-likeness (QED) is 0.174. The SMILES string of the molecule is CCCCCC(S)(CCCCC)C(CCCCC)(NCC(O)CO)C(=O)O. The highest BCUT2D eigenvalue weighted by atomic mass is 32.1. The summed E-state index contributed by atoms with van der Waals surface area (Å²) in [5.74, 6) is -0.897. The Morgan fingerprint density at radius 3 is 1.74 bits per heavy atom. The third kappa shape index (κ3) is 8.71. The van der Waals surface area contributed by atoms with Crippen molar-refractivity contribution >= 4 is 18.6 Å². The van der Waals surface area contributed by atoms with Crippen LogP contribution in [0.1, 0.15) is 97.8 Å². The molecule has 0 saturated carbocycles. The summed E-state index contributed by atoms with van der Waals surface area (Å²) >= 11 is 5.03. The van der Waals surface area contributed by atoms with Crippen molar-refractivity contribution in [1.82, 2.24) is 5.32 Å². The van der Waals surface area contributed by atoms with Crippen molar-refractivity contribution in [3.63, 3.8) is 0 Å². The molecule has 6 heteroatoms. The number of aliphatic carboxylic acids is 1. The van der Waals surface area contributed by atoms with E-state index in [4.69, 9.17) is 12.6 Å². The summed E-state index contributed by atoms with van der Waals surface area (Å²) in [7, 11) is 0. The molecule has 0 spiro atoms. The van der Waals surface area contributed by atoms with Gasteiger partial charge in [-0.2, -0.15) is 12.6 Å². The zero-order valence-electron chi connectivity index (χ0n) is 17.7. The van der Waals surface area contributed by atoms with Gasteiger partial charge in [0.2, 0.25) is 0 Å². The van der Waals surface area contributed by atoms with Crippen LogP contribution in [0.3, 0.4) is 0 Å². The molecule has 0 aliphatic carbocycles. The minimum atomic E-state index is -1.21. The maximum atomic E-state index is 12.6. The number of aliphatic hydroxyl groups is 2. The molecule has 5 nitrogen and oxygen atoms in total. The molecule has 27 heavy (non-hydrogen) atoms. The van der Waals surface area contributed by atoms with Crippen molar-refractivity contribution in [3.05, 3.63) is 0 Å². The number of unbranched alkanes of at least 4 members (excludes halogenated alkanes) is 6. The number of nitrogens with one attached hydrogen (secondary N) is 1. The number of thiol groups is 1. The van der Waals surface area contributed by atoms with E-state index in [2.05, 4.69) is 26.1 Å². The minimum absolute atomic E-state index is 0.0544. The molecule has 0 amide bonds. The fourth-order valence-electron chi connectivity index (χ4n) is 3.75. The average molecular weight is 406 g/mol. The lowest BCUT2D eigenvalue weighted by Crippen LogP contribution is -2.66. The minimum Gasteiger partial charge on any atom is -0.480 e. The summed E-state index contributed by atoms with van der Waals surface area (Å²) < 4.78 is -0.688. The van der Waals surface area contributed by atoms with Crippen molar-refractivity contribution in [2.45, 2.75) is 114 Å². The normalized spacial score (nSPS) is 15.5. The second kappa shape index (κ2) is 14.7. The Morgan fingerprint density at radius 1 is 0.926 bits per heavy atom. The molecular weight excluding hydrogens is 362 g/mol. The van der Waals surface area contributed by atoms with Crippen LogP contribution >= 0.6 is 12.6 Å². The number of rotatable bonds is 18. The van der Waals surface area contributed by atoms with Crippen molar-refractivity contribution in [1.29, 1.82) is 0 Å². The third-order valence-electron chi connectivity index (χ3n) is 5.55. The number of hydrogen-bond acceptors (Lipinski definition) is 5. The monoisotopic (exact) mass is 405 g/mol. The first-order valence-electron chi connectivity index (χ1n) is 10.8. The van der Waals surface area contributed by atoms with Crippen LogP contribution in [0.25, 0.3) is 0 Å². The lowest BCUT2D eigenvalue weighted by atomic mass is 9.73. The average Bonchev–Trinajstić information content (AvgIpc) is 2.64. The Balaban J connectivity index is 5.73. The first-order chi connectivity index (χ1) is 12.8. The third-order valence-corrected chi connectivity index (χ3v) is 6.38. The molecule has 0 aromatic heterocycles. The van der Waals surface area contributed by atoms with Gasteiger partial charge in [-0.05, 0) is 19.3 Å². The van der Waals surface area contributed by atoms with Gasteiger partial charge < -0.3 is 15.3 Å². The van der Waals surface area contributed by atoms with Crippen LogP contribution < -0.4 is 5.32 Å². The molecule has 162 valence electrons. The molecule has 0 saturated heterocycles. The van der Waals surface area contributed by atoms with E-state index >= 15 is 0 Å². The van der Waals surface area contributed by atoms with Crippen molar-refractivity contribution in [2.24, 2.45) is 0 Å². The van der Waals surface area contributed by atoms with Crippen molar-refractivity contribution in [3.8, 4) is 0 Å². The van der Waals surface area contributed by atoms with Gasteiger partial charge in [-0.1, -0.05) is 78.6 Å². The number of carboxylic acid groups (broad SMARTS) is 1. The van der Waals surface area contributed by atoms with E-state index in [9.17, 15) is 20.1 Å². The van der Waals surface area contributed by atoms with E-state index in [1.165, 1.54) is 0 Å². The van der Waals surface area contributed by atoms with Crippen LogP contribution in [-0.4, -0.2) is 50.8 Å². The first kappa shape index (κ1) is 26.7. The highest BCUT2D eigenvalue weighted by Crippen LogP contribution is 2.42. The topological polar surface area (TPSA) is 89.8 Å². The molecule has 2 unspecified atom stereocenters. The first-order valence-corrected chi connectivity index (χ1v) is 11.3. The molecule has 4 N–H and O–H groups in total. The number of hydrogen-bond donors (Lipinski definition) is 5. The molecule has 2 atom stereocenters. The summed E-state index contributed by atoms with van der Waals surface area (Å²) in [5.41, 5.74) is -1.21. The van der Waals surface area contributed by atoms with Crippen molar-refractivity contribution in [2.75, 3.05) is 13.2 Å². The van der Waals surface area contributed by atoms with Crippen LogP contribution in [0.5, 0.6) is 0 Å². The van der Waals surface area contributed by atoms with E-state index in [0.717, 1.165) is 70.6 Å². The summed E-state index contributed by atoms with van der Waals surface area (Å²) in [5, 5.41) is 32.5. The maximum Gasteiger partial charge on any atom is 0.325 e. The number of carbonyl (C=O) groups is 1. The zero-order valence-corrected chi connectivity index (χ0v) is 18.6. The standard InChI is InChI=1S/C21H43NO4S/c1-4-7-10-13-20(27,14-11-8-5-2)21(19(25)26,15-12-9-6-3)22-16-18(24)17-23/h18,22-24,27H,4-17H2,1-3H3,(H,25,26). The molecule has 0 heterocycles. The highest BCUT2D eigenvalue weighted by molar-refractivity contribution is 7.82. The molecule has 0 fully saturated rings. The van der Waals surface area contributed by atoms with Crippen LogP contribution in [0.4, 0.5) is 0 Å². The Kier molecular flexibility index (Phi) is 14.5. The lowest BCUT2D eigenvalue weighted by molar-refractivity contribution is -0.147. The van der Waals surface area contributed by atoms with Gasteiger partial charge in [0.15, 0.2) is 0 Å². The maximum absolute atomic E-state index is 12.6. The van der Waals surface area contributed by atoms with Gasteiger partial charge in [-0.3, -0.25) is 10.1 Å². The smallest absolute Gasteiger partial charge is 0.325 e. The largest absolute Gasteiger partial charge is 0.480 e. The zero-order chi connectivity index (χ0) is 20.8. The molecule has 0 aliphatic rings.